The third-order valence-electron chi connectivity index (χ3n) is 5.18. The summed E-state index contributed by atoms with van der Waals surface area (Å²) in [5.41, 5.74) is -1.49. The van der Waals surface area contributed by atoms with E-state index in [4.69, 9.17) is 9.47 Å². The van der Waals surface area contributed by atoms with Gasteiger partial charge in [-0.25, -0.2) is 4.79 Å². The number of rotatable bonds is 1. The number of aliphatic hydroxyl groups is 1. The molecule has 1 aliphatic heterocycles. The number of methoxy groups -OCH3 is 1. The Balaban J connectivity index is 2.19. The summed E-state index contributed by atoms with van der Waals surface area (Å²) >= 11 is 0. The van der Waals surface area contributed by atoms with Gasteiger partial charge >= 0.3 is 5.97 Å². The zero-order valence-electron chi connectivity index (χ0n) is 12.1. The molecule has 5 nitrogen and oxygen atoms in total. The molecule has 0 radical (unpaired) electrons. The van der Waals surface area contributed by atoms with Crippen molar-refractivity contribution in [3.8, 4) is 0 Å². The standard InChI is InChI=1S/C15H20O5/c1-13(2)5-4-6-14-7-15(20-8-14,12(18)19-3)11(17)9(16)10(13)14/h16H,4-8H2,1-3H3/t14-,15-/m0/s1. The highest BCUT2D eigenvalue weighted by Crippen LogP contribution is 2.62. The van der Waals surface area contributed by atoms with Gasteiger partial charge in [-0.3, -0.25) is 4.79 Å². The van der Waals surface area contributed by atoms with Crippen LogP contribution >= 0.6 is 0 Å². The van der Waals surface area contributed by atoms with Crippen LogP contribution in [0.25, 0.3) is 0 Å². The fraction of sp³-hybridized carbons (Fsp3) is 0.733. The summed E-state index contributed by atoms with van der Waals surface area (Å²) in [7, 11) is 1.24. The van der Waals surface area contributed by atoms with Gasteiger partial charge in [-0.1, -0.05) is 20.3 Å². The Morgan fingerprint density at radius 1 is 1.35 bits per heavy atom. The summed E-state index contributed by atoms with van der Waals surface area (Å²) in [5, 5.41) is 10.4. The van der Waals surface area contributed by atoms with Crippen molar-refractivity contribution < 1.29 is 24.2 Å². The lowest BCUT2D eigenvalue weighted by Gasteiger charge is -2.47. The normalized spacial score (nSPS) is 38.6. The number of ether oxygens (including phenoxy) is 2. The van der Waals surface area contributed by atoms with Gasteiger partial charge in [0, 0.05) is 11.8 Å². The maximum absolute atomic E-state index is 12.5. The Bertz CT molecular complexity index is 532. The summed E-state index contributed by atoms with van der Waals surface area (Å²) < 4.78 is 10.4. The molecule has 1 heterocycles. The van der Waals surface area contributed by atoms with Crippen LogP contribution in [-0.4, -0.2) is 36.2 Å². The molecule has 2 aliphatic carbocycles. The van der Waals surface area contributed by atoms with E-state index >= 15 is 0 Å². The largest absolute Gasteiger partial charge is 0.504 e. The first kappa shape index (κ1) is 13.6. The van der Waals surface area contributed by atoms with Gasteiger partial charge in [0.15, 0.2) is 5.76 Å². The lowest BCUT2D eigenvalue weighted by Crippen LogP contribution is -2.53. The molecular formula is C15H20O5. The smallest absolute Gasteiger partial charge is 0.346 e. The molecule has 2 atom stereocenters. The Hall–Kier alpha value is -1.36. The van der Waals surface area contributed by atoms with Gasteiger partial charge in [-0.2, -0.15) is 0 Å². The van der Waals surface area contributed by atoms with Crippen LogP contribution in [-0.2, 0) is 19.1 Å². The quantitative estimate of drug-likeness (QED) is 0.586. The molecule has 1 saturated heterocycles. The van der Waals surface area contributed by atoms with Crippen molar-refractivity contribution in [2.24, 2.45) is 10.8 Å². The van der Waals surface area contributed by atoms with Crippen molar-refractivity contribution in [3.05, 3.63) is 11.3 Å². The van der Waals surface area contributed by atoms with E-state index in [2.05, 4.69) is 0 Å². The van der Waals surface area contributed by atoms with Crippen molar-refractivity contribution in [1.29, 1.82) is 0 Å². The summed E-state index contributed by atoms with van der Waals surface area (Å²) in [5.74, 6) is -1.61. The van der Waals surface area contributed by atoms with E-state index in [1.54, 1.807) is 0 Å². The summed E-state index contributed by atoms with van der Waals surface area (Å²) in [4.78, 5) is 24.5. The summed E-state index contributed by atoms with van der Waals surface area (Å²) in [6.07, 6.45) is 3.06. The van der Waals surface area contributed by atoms with Crippen LogP contribution in [0.15, 0.2) is 11.3 Å². The number of carbonyl (C=O) groups is 2. The fourth-order valence-corrected chi connectivity index (χ4v) is 4.41. The van der Waals surface area contributed by atoms with E-state index in [-0.39, 0.29) is 11.2 Å². The minimum absolute atomic E-state index is 0.242. The third kappa shape index (κ3) is 1.41. The summed E-state index contributed by atoms with van der Waals surface area (Å²) in [6.45, 7) is 4.38. The van der Waals surface area contributed by atoms with Gasteiger partial charge < -0.3 is 14.6 Å². The van der Waals surface area contributed by atoms with Gasteiger partial charge in [0.1, 0.15) is 0 Å². The van der Waals surface area contributed by atoms with Crippen LogP contribution in [0.5, 0.6) is 0 Å². The molecular weight excluding hydrogens is 260 g/mol. The van der Waals surface area contributed by atoms with Gasteiger partial charge in [0.25, 0.3) is 0 Å². The molecule has 1 saturated carbocycles. The minimum Gasteiger partial charge on any atom is -0.504 e. The van der Waals surface area contributed by atoms with E-state index < -0.39 is 22.8 Å². The number of hydrogen-bond donors (Lipinski definition) is 1. The van der Waals surface area contributed by atoms with Gasteiger partial charge in [-0.05, 0) is 23.8 Å². The predicted molar refractivity (Wildman–Crippen MR) is 70.0 cm³/mol. The molecule has 0 unspecified atom stereocenters. The molecule has 0 amide bonds. The van der Waals surface area contributed by atoms with Crippen LogP contribution in [0.2, 0.25) is 0 Å². The zero-order valence-corrected chi connectivity index (χ0v) is 12.1. The van der Waals surface area contributed by atoms with Crippen molar-refractivity contribution in [1.82, 2.24) is 0 Å². The average molecular weight is 280 g/mol. The van der Waals surface area contributed by atoms with E-state index in [1.807, 2.05) is 13.8 Å². The second kappa shape index (κ2) is 3.85. The number of hydrogen-bond acceptors (Lipinski definition) is 5. The second-order valence-corrected chi connectivity index (χ2v) is 6.85. The topological polar surface area (TPSA) is 72.8 Å². The molecule has 110 valence electrons. The van der Waals surface area contributed by atoms with E-state index in [0.717, 1.165) is 24.8 Å². The maximum Gasteiger partial charge on any atom is 0.346 e. The molecule has 3 aliphatic rings. The van der Waals surface area contributed by atoms with Crippen LogP contribution in [0.1, 0.15) is 39.5 Å². The predicted octanol–water partition coefficient (Wildman–Crippen LogP) is 1.91. The van der Waals surface area contributed by atoms with E-state index in [1.165, 1.54) is 7.11 Å². The maximum atomic E-state index is 12.5. The number of fused-ring (bicyclic) bond motifs is 1. The van der Waals surface area contributed by atoms with Crippen molar-refractivity contribution in [2.45, 2.75) is 45.1 Å². The number of ketones is 1. The number of Topliss-reactive ketones (excluding diaryl/α,β-unsaturated/α-hetero) is 1. The minimum atomic E-state index is -1.63. The molecule has 2 bridgehead atoms. The molecule has 5 heteroatoms. The van der Waals surface area contributed by atoms with E-state index in [0.29, 0.717) is 13.0 Å². The SMILES string of the molecule is COC(=O)[C@]12C[C@@]3(CCCC(C)(C)C3=C(O)C1=O)CO2. The lowest BCUT2D eigenvalue weighted by molar-refractivity contribution is -0.169. The van der Waals surface area contributed by atoms with Gasteiger partial charge in [0.05, 0.1) is 13.7 Å². The average Bonchev–Trinajstić information content (AvgIpc) is 2.72. The first-order valence-electron chi connectivity index (χ1n) is 7.00. The van der Waals surface area contributed by atoms with Gasteiger partial charge in [0.2, 0.25) is 11.4 Å². The first-order valence-corrected chi connectivity index (χ1v) is 7.00. The molecule has 1 N–H and O–H groups in total. The van der Waals surface area contributed by atoms with Crippen LogP contribution in [0, 0.1) is 10.8 Å². The molecule has 0 aromatic rings. The molecule has 0 aromatic heterocycles. The number of aliphatic hydroxyl groups excluding tert-OH is 1. The molecule has 1 spiro atoms. The van der Waals surface area contributed by atoms with Gasteiger partial charge in [-0.15, -0.1) is 0 Å². The monoisotopic (exact) mass is 280 g/mol. The highest BCUT2D eigenvalue weighted by atomic mass is 16.6. The van der Waals surface area contributed by atoms with E-state index in [9.17, 15) is 14.7 Å². The molecule has 3 rings (SSSR count). The highest BCUT2D eigenvalue weighted by molar-refractivity contribution is 6.16. The third-order valence-corrected chi connectivity index (χ3v) is 5.18. The van der Waals surface area contributed by atoms with Crippen LogP contribution in [0.3, 0.4) is 0 Å². The molecule has 20 heavy (non-hydrogen) atoms. The van der Waals surface area contributed by atoms with Crippen molar-refractivity contribution in [2.75, 3.05) is 13.7 Å². The van der Waals surface area contributed by atoms with Crippen LogP contribution in [0.4, 0.5) is 0 Å². The molecule has 2 fully saturated rings. The highest BCUT2D eigenvalue weighted by Gasteiger charge is 2.67. The Kier molecular flexibility index (Phi) is 2.62. The van der Waals surface area contributed by atoms with Crippen molar-refractivity contribution in [3.63, 3.8) is 0 Å². The Labute approximate surface area is 117 Å². The Morgan fingerprint density at radius 3 is 2.70 bits per heavy atom. The van der Waals surface area contributed by atoms with Crippen LogP contribution < -0.4 is 0 Å². The molecule has 0 aromatic carbocycles. The Morgan fingerprint density at radius 2 is 2.05 bits per heavy atom. The number of esters is 1. The second-order valence-electron chi connectivity index (χ2n) is 6.85. The fourth-order valence-electron chi connectivity index (χ4n) is 4.41. The summed E-state index contributed by atoms with van der Waals surface area (Å²) in [6, 6.07) is 0. The zero-order chi connectivity index (χ0) is 14.8. The number of carbonyl (C=O) groups excluding carboxylic acids is 2. The lowest BCUT2D eigenvalue weighted by atomic mass is 9.54. The van der Waals surface area contributed by atoms with Crippen molar-refractivity contribution >= 4 is 11.8 Å². The first-order chi connectivity index (χ1) is 9.29.